The zero-order chi connectivity index (χ0) is 22.4. The molecule has 0 saturated heterocycles. The molecule has 0 aliphatic heterocycles. The lowest BCUT2D eigenvalue weighted by molar-refractivity contribution is 0.0996. The van der Waals surface area contributed by atoms with Crippen molar-refractivity contribution in [3.05, 3.63) is 46.8 Å². The van der Waals surface area contributed by atoms with Gasteiger partial charge in [0.05, 0.1) is 34.2 Å². The summed E-state index contributed by atoms with van der Waals surface area (Å²) < 4.78 is 7.42. The Bertz CT molecular complexity index is 1330. The molecule has 2 amide bonds. The molecule has 10 heteroatoms. The monoisotopic (exact) mass is 421 g/mol. The molecule has 4 heterocycles. The summed E-state index contributed by atoms with van der Waals surface area (Å²) in [6.45, 7) is 9.37. The highest BCUT2D eigenvalue weighted by atomic mass is 16.3. The molecule has 10 nitrogen and oxygen atoms in total. The number of nitrogens with two attached hydrogens (primary N) is 1. The van der Waals surface area contributed by atoms with Gasteiger partial charge < -0.3 is 15.5 Å². The van der Waals surface area contributed by atoms with Gasteiger partial charge in [-0.3, -0.25) is 14.7 Å². The van der Waals surface area contributed by atoms with E-state index in [4.69, 9.17) is 15.1 Å². The molecular weight excluding hydrogens is 398 g/mol. The number of rotatable bonds is 5. The number of furan rings is 1. The van der Waals surface area contributed by atoms with Crippen LogP contribution in [-0.4, -0.2) is 36.8 Å². The fraction of sp³-hybridized carbons (Fsp3) is 0.286. The number of nitrogens with one attached hydrogen (secondary N) is 2. The van der Waals surface area contributed by atoms with Gasteiger partial charge >= 0.3 is 0 Å². The molecule has 4 aromatic heterocycles. The molecule has 160 valence electrons. The summed E-state index contributed by atoms with van der Waals surface area (Å²) in [4.78, 5) is 29.8. The minimum atomic E-state index is -0.739. The Morgan fingerprint density at radius 3 is 2.58 bits per heavy atom. The maximum absolute atomic E-state index is 13.3. The third kappa shape index (κ3) is 3.45. The molecule has 0 spiro atoms. The van der Waals surface area contributed by atoms with Crippen LogP contribution in [0.1, 0.15) is 58.0 Å². The van der Waals surface area contributed by atoms with E-state index in [-0.39, 0.29) is 17.4 Å². The highest BCUT2D eigenvalue weighted by molar-refractivity contribution is 6.14. The number of aryl methyl sites for hydroxylation is 3. The number of fused-ring (bicyclic) bond motifs is 1. The maximum Gasteiger partial charge on any atom is 0.271 e. The van der Waals surface area contributed by atoms with E-state index >= 15 is 0 Å². The lowest BCUT2D eigenvalue weighted by Gasteiger charge is -2.11. The van der Waals surface area contributed by atoms with E-state index in [1.807, 2.05) is 33.8 Å². The smallest absolute Gasteiger partial charge is 0.271 e. The number of aromatic nitrogens is 5. The molecule has 0 atom stereocenters. The van der Waals surface area contributed by atoms with Gasteiger partial charge in [-0.05, 0) is 46.8 Å². The molecule has 31 heavy (non-hydrogen) atoms. The van der Waals surface area contributed by atoms with Crippen molar-refractivity contribution in [2.24, 2.45) is 5.73 Å². The Hall–Kier alpha value is -3.95. The Morgan fingerprint density at radius 1 is 1.23 bits per heavy atom. The Labute approximate surface area is 177 Å². The van der Waals surface area contributed by atoms with Gasteiger partial charge in [0.25, 0.3) is 11.8 Å². The number of amides is 2. The predicted octanol–water partition coefficient (Wildman–Crippen LogP) is 3.27. The first kappa shape index (κ1) is 20.3. The predicted molar refractivity (Wildman–Crippen MR) is 115 cm³/mol. The number of nitrogens with zero attached hydrogens (tertiary/aromatic N) is 4. The van der Waals surface area contributed by atoms with E-state index < -0.39 is 11.8 Å². The van der Waals surface area contributed by atoms with Crippen molar-refractivity contribution < 1.29 is 14.0 Å². The van der Waals surface area contributed by atoms with Crippen LogP contribution in [0, 0.1) is 20.8 Å². The quantitative estimate of drug-likeness (QED) is 0.451. The van der Waals surface area contributed by atoms with Gasteiger partial charge in [0.1, 0.15) is 11.5 Å². The Morgan fingerprint density at radius 2 is 1.97 bits per heavy atom. The van der Waals surface area contributed by atoms with Gasteiger partial charge in [-0.1, -0.05) is 0 Å². The van der Waals surface area contributed by atoms with Crippen molar-refractivity contribution in [3.63, 3.8) is 0 Å². The van der Waals surface area contributed by atoms with Crippen LogP contribution >= 0.6 is 0 Å². The van der Waals surface area contributed by atoms with Gasteiger partial charge in [0, 0.05) is 11.6 Å². The van der Waals surface area contributed by atoms with E-state index in [9.17, 15) is 9.59 Å². The van der Waals surface area contributed by atoms with Gasteiger partial charge in [-0.2, -0.15) is 10.2 Å². The summed E-state index contributed by atoms with van der Waals surface area (Å²) in [6, 6.07) is 3.62. The summed E-state index contributed by atoms with van der Waals surface area (Å²) in [5.41, 5.74) is 8.44. The van der Waals surface area contributed by atoms with Crippen molar-refractivity contribution >= 4 is 28.5 Å². The van der Waals surface area contributed by atoms with E-state index in [0.717, 1.165) is 11.3 Å². The molecule has 0 fully saturated rings. The number of hydrogen-bond acceptors (Lipinski definition) is 6. The second-order valence-electron chi connectivity index (χ2n) is 7.69. The largest absolute Gasteiger partial charge is 0.466 e. The van der Waals surface area contributed by atoms with Crippen LogP contribution in [0.5, 0.6) is 0 Å². The second-order valence-corrected chi connectivity index (χ2v) is 7.69. The third-order valence-electron chi connectivity index (χ3n) is 5.04. The fourth-order valence-electron chi connectivity index (χ4n) is 3.55. The molecule has 0 bridgehead atoms. The van der Waals surface area contributed by atoms with Crippen LogP contribution in [0.4, 0.5) is 5.69 Å². The first-order chi connectivity index (χ1) is 14.7. The number of carbonyl (C=O) groups is 2. The van der Waals surface area contributed by atoms with E-state index in [1.54, 1.807) is 23.9 Å². The van der Waals surface area contributed by atoms with E-state index in [0.29, 0.717) is 33.7 Å². The number of carbonyl (C=O) groups excluding carboxylic acids is 2. The molecule has 0 radical (unpaired) electrons. The minimum Gasteiger partial charge on any atom is -0.466 e. The van der Waals surface area contributed by atoms with Crippen LogP contribution in [-0.2, 0) is 0 Å². The summed E-state index contributed by atoms with van der Waals surface area (Å²) >= 11 is 0. The minimum absolute atomic E-state index is 0.0319. The standard InChI is InChI=1S/C21H23N7O3/c1-9(2)28-20-15(8-23-28)14(7-16(24-20)13-6-10(3)31-12(13)5)21(30)25-17-11(4)26-27-18(17)19(22)29/h6-9H,1-5H3,(H2,22,29)(H,25,30)(H,26,27). The molecule has 0 aliphatic rings. The number of primary amides is 1. The van der Waals surface area contributed by atoms with Crippen molar-refractivity contribution in [1.29, 1.82) is 0 Å². The molecule has 0 saturated carbocycles. The van der Waals surface area contributed by atoms with Crippen molar-refractivity contribution in [2.75, 3.05) is 5.32 Å². The first-order valence-electron chi connectivity index (χ1n) is 9.79. The first-order valence-corrected chi connectivity index (χ1v) is 9.79. The highest BCUT2D eigenvalue weighted by Crippen LogP contribution is 2.30. The van der Waals surface area contributed by atoms with Crippen molar-refractivity contribution in [2.45, 2.75) is 40.7 Å². The molecular formula is C21H23N7O3. The van der Waals surface area contributed by atoms with Crippen LogP contribution in [0.2, 0.25) is 0 Å². The van der Waals surface area contributed by atoms with Gasteiger partial charge in [0.15, 0.2) is 11.3 Å². The van der Waals surface area contributed by atoms with Gasteiger partial charge in [-0.15, -0.1) is 0 Å². The lowest BCUT2D eigenvalue weighted by Crippen LogP contribution is -2.18. The zero-order valence-electron chi connectivity index (χ0n) is 17.9. The van der Waals surface area contributed by atoms with E-state index in [1.165, 1.54) is 0 Å². The third-order valence-corrected chi connectivity index (χ3v) is 5.04. The number of H-pyrrole nitrogens is 1. The number of hydrogen-bond donors (Lipinski definition) is 3. The van der Waals surface area contributed by atoms with Crippen LogP contribution < -0.4 is 11.1 Å². The fourth-order valence-corrected chi connectivity index (χ4v) is 3.55. The maximum atomic E-state index is 13.3. The highest BCUT2D eigenvalue weighted by Gasteiger charge is 2.23. The number of pyridine rings is 1. The lowest BCUT2D eigenvalue weighted by atomic mass is 10.1. The van der Waals surface area contributed by atoms with Crippen LogP contribution in [0.15, 0.2) is 22.7 Å². The van der Waals surface area contributed by atoms with Gasteiger partial charge in [0.2, 0.25) is 0 Å². The Balaban J connectivity index is 1.89. The molecule has 4 aromatic rings. The summed E-state index contributed by atoms with van der Waals surface area (Å²) in [7, 11) is 0. The summed E-state index contributed by atoms with van der Waals surface area (Å²) in [5, 5.41) is 14.3. The SMILES string of the molecule is Cc1cc(-c2cc(C(=O)Nc3c(C(N)=O)n[nH]c3C)c3cnn(C(C)C)c3n2)c(C)o1. The molecule has 4 N–H and O–H groups in total. The van der Waals surface area contributed by atoms with Crippen LogP contribution in [0.3, 0.4) is 0 Å². The zero-order valence-corrected chi connectivity index (χ0v) is 17.9. The number of aromatic amines is 1. The van der Waals surface area contributed by atoms with Gasteiger partial charge in [-0.25, -0.2) is 9.67 Å². The second kappa shape index (κ2) is 7.38. The normalized spacial score (nSPS) is 11.4. The Kier molecular flexibility index (Phi) is 4.84. The van der Waals surface area contributed by atoms with E-state index in [2.05, 4.69) is 20.6 Å². The summed E-state index contributed by atoms with van der Waals surface area (Å²) in [6.07, 6.45) is 1.62. The molecule has 0 aliphatic carbocycles. The molecule has 0 aromatic carbocycles. The number of anilines is 1. The molecule has 4 rings (SSSR count). The summed E-state index contributed by atoms with van der Waals surface area (Å²) in [5.74, 6) is 0.282. The topological polar surface area (TPSA) is 145 Å². The average Bonchev–Trinajstić information content (AvgIpc) is 3.38. The van der Waals surface area contributed by atoms with Crippen molar-refractivity contribution in [3.8, 4) is 11.3 Å². The van der Waals surface area contributed by atoms with Crippen molar-refractivity contribution in [1.82, 2.24) is 25.0 Å². The molecule has 0 unspecified atom stereocenters. The average molecular weight is 421 g/mol. The van der Waals surface area contributed by atoms with Crippen LogP contribution in [0.25, 0.3) is 22.3 Å².